The SMILES string of the molecule is CCCNC(=O)CNC(=O)COC(=O)c1c(-n2cccc2)sc2c1CCCC2. The van der Waals surface area contributed by atoms with E-state index in [4.69, 9.17) is 4.74 Å². The number of fused-ring (bicyclic) bond motifs is 1. The van der Waals surface area contributed by atoms with Crippen LogP contribution in [0.5, 0.6) is 0 Å². The van der Waals surface area contributed by atoms with Crippen LogP contribution < -0.4 is 10.6 Å². The number of ether oxygens (including phenoxy) is 1. The van der Waals surface area contributed by atoms with Crippen LogP contribution >= 0.6 is 11.3 Å². The van der Waals surface area contributed by atoms with Crippen molar-refractivity contribution in [1.82, 2.24) is 15.2 Å². The van der Waals surface area contributed by atoms with Crippen LogP contribution in [0.3, 0.4) is 0 Å². The molecule has 3 rings (SSSR count). The van der Waals surface area contributed by atoms with E-state index in [9.17, 15) is 14.4 Å². The minimum absolute atomic E-state index is 0.126. The molecule has 0 unspecified atom stereocenters. The lowest BCUT2D eigenvalue weighted by molar-refractivity contribution is -0.127. The van der Waals surface area contributed by atoms with Gasteiger partial charge in [-0.25, -0.2) is 4.79 Å². The number of hydrogen-bond donors (Lipinski definition) is 2. The van der Waals surface area contributed by atoms with Gasteiger partial charge in [0.15, 0.2) is 6.61 Å². The Hall–Kier alpha value is -2.61. The lowest BCUT2D eigenvalue weighted by Crippen LogP contribution is -2.39. The molecule has 0 saturated heterocycles. The molecule has 2 aromatic rings. The number of esters is 1. The zero-order valence-corrected chi connectivity index (χ0v) is 16.8. The highest BCUT2D eigenvalue weighted by Gasteiger charge is 2.27. The van der Waals surface area contributed by atoms with Gasteiger partial charge in [0.25, 0.3) is 5.91 Å². The third-order valence-electron chi connectivity index (χ3n) is 4.55. The average Bonchev–Trinajstić information content (AvgIpc) is 3.36. The first kappa shape index (κ1) is 20.1. The molecule has 0 bridgehead atoms. The number of rotatable bonds is 8. The van der Waals surface area contributed by atoms with Gasteiger partial charge in [-0.05, 0) is 49.8 Å². The lowest BCUT2D eigenvalue weighted by atomic mass is 9.95. The Morgan fingerprint density at radius 2 is 1.86 bits per heavy atom. The van der Waals surface area contributed by atoms with Crippen LogP contribution in [0.15, 0.2) is 24.5 Å². The summed E-state index contributed by atoms with van der Waals surface area (Å²) in [5.74, 6) is -1.25. The van der Waals surface area contributed by atoms with Crippen molar-refractivity contribution in [1.29, 1.82) is 0 Å². The summed E-state index contributed by atoms with van der Waals surface area (Å²) < 4.78 is 7.19. The molecule has 0 saturated carbocycles. The van der Waals surface area contributed by atoms with E-state index in [1.165, 1.54) is 4.88 Å². The summed E-state index contributed by atoms with van der Waals surface area (Å²) in [6.45, 7) is 1.98. The first-order valence-corrected chi connectivity index (χ1v) is 10.4. The fourth-order valence-corrected chi connectivity index (χ4v) is 4.52. The van der Waals surface area contributed by atoms with E-state index in [1.54, 1.807) is 11.3 Å². The summed E-state index contributed by atoms with van der Waals surface area (Å²) in [6, 6.07) is 3.82. The van der Waals surface area contributed by atoms with Crippen molar-refractivity contribution < 1.29 is 19.1 Å². The second-order valence-corrected chi connectivity index (χ2v) is 7.77. The number of carbonyl (C=O) groups is 3. The lowest BCUT2D eigenvalue weighted by Gasteiger charge is -2.13. The predicted molar refractivity (Wildman–Crippen MR) is 107 cm³/mol. The summed E-state index contributed by atoms with van der Waals surface area (Å²) in [7, 11) is 0. The number of nitrogens with one attached hydrogen (secondary N) is 2. The zero-order valence-electron chi connectivity index (χ0n) is 16.0. The molecule has 150 valence electrons. The minimum atomic E-state index is -0.494. The van der Waals surface area contributed by atoms with Gasteiger partial charge in [0.2, 0.25) is 5.91 Å². The van der Waals surface area contributed by atoms with Crippen molar-refractivity contribution >= 4 is 29.1 Å². The maximum absolute atomic E-state index is 12.8. The molecule has 0 radical (unpaired) electrons. The normalized spacial score (nSPS) is 12.9. The van der Waals surface area contributed by atoms with Gasteiger partial charge in [-0.3, -0.25) is 9.59 Å². The van der Waals surface area contributed by atoms with Crippen LogP contribution in [0.25, 0.3) is 5.00 Å². The molecule has 1 aliphatic rings. The number of nitrogens with zero attached hydrogens (tertiary/aromatic N) is 1. The molecule has 2 heterocycles. The van der Waals surface area contributed by atoms with Crippen molar-refractivity contribution in [3.8, 4) is 5.00 Å². The van der Waals surface area contributed by atoms with Crippen LogP contribution in [0.2, 0.25) is 0 Å². The third-order valence-corrected chi connectivity index (χ3v) is 5.85. The van der Waals surface area contributed by atoms with Gasteiger partial charge in [0.05, 0.1) is 12.1 Å². The Morgan fingerprint density at radius 3 is 2.61 bits per heavy atom. The van der Waals surface area contributed by atoms with Crippen LogP contribution in [-0.4, -0.2) is 42.0 Å². The highest BCUT2D eigenvalue weighted by atomic mass is 32.1. The molecule has 1 aliphatic carbocycles. The van der Waals surface area contributed by atoms with Gasteiger partial charge in [0.1, 0.15) is 5.00 Å². The van der Waals surface area contributed by atoms with E-state index in [1.807, 2.05) is 36.0 Å². The van der Waals surface area contributed by atoms with E-state index in [2.05, 4.69) is 10.6 Å². The highest BCUT2D eigenvalue weighted by molar-refractivity contribution is 7.15. The van der Waals surface area contributed by atoms with Crippen molar-refractivity contribution in [3.63, 3.8) is 0 Å². The first-order chi connectivity index (χ1) is 13.6. The monoisotopic (exact) mass is 403 g/mol. The van der Waals surface area contributed by atoms with Crippen molar-refractivity contribution in [2.45, 2.75) is 39.0 Å². The molecule has 0 spiro atoms. The smallest absolute Gasteiger partial charge is 0.341 e. The predicted octanol–water partition coefficient (Wildman–Crippen LogP) is 2.22. The Balaban J connectivity index is 1.63. The summed E-state index contributed by atoms with van der Waals surface area (Å²) in [6.07, 6.45) is 8.60. The van der Waals surface area contributed by atoms with Gasteiger partial charge in [-0.15, -0.1) is 11.3 Å². The molecule has 0 aliphatic heterocycles. The molecular formula is C20H25N3O4S. The molecule has 2 amide bonds. The van der Waals surface area contributed by atoms with Gasteiger partial charge >= 0.3 is 5.97 Å². The Labute approximate surface area is 168 Å². The summed E-state index contributed by atoms with van der Waals surface area (Å²) >= 11 is 1.61. The topological polar surface area (TPSA) is 89.4 Å². The first-order valence-electron chi connectivity index (χ1n) is 9.58. The highest BCUT2D eigenvalue weighted by Crippen LogP contribution is 2.37. The molecular weight excluding hydrogens is 378 g/mol. The van der Waals surface area contributed by atoms with E-state index in [0.29, 0.717) is 12.1 Å². The van der Waals surface area contributed by atoms with E-state index >= 15 is 0 Å². The maximum atomic E-state index is 12.8. The standard InChI is InChI=1S/C20H25N3O4S/c1-2-9-21-16(24)12-22-17(25)13-27-20(26)18-14-7-3-4-8-15(14)28-19(18)23-10-5-6-11-23/h5-6,10-11H,2-4,7-9,12-13H2,1H3,(H,21,24)(H,22,25). The fraction of sp³-hybridized carbons (Fsp3) is 0.450. The molecule has 7 nitrogen and oxygen atoms in total. The van der Waals surface area contributed by atoms with Crippen LogP contribution in [0.4, 0.5) is 0 Å². The molecule has 8 heteroatoms. The molecule has 2 N–H and O–H groups in total. The summed E-state index contributed by atoms with van der Waals surface area (Å²) in [5, 5.41) is 5.97. The number of aryl methyl sites for hydroxylation is 1. The van der Waals surface area contributed by atoms with Crippen LogP contribution in [0.1, 0.15) is 47.0 Å². The Kier molecular flexibility index (Phi) is 6.86. The molecule has 2 aromatic heterocycles. The van der Waals surface area contributed by atoms with Gasteiger partial charge in [-0.2, -0.15) is 0 Å². The zero-order chi connectivity index (χ0) is 19.9. The largest absolute Gasteiger partial charge is 0.452 e. The van der Waals surface area contributed by atoms with Crippen LogP contribution in [-0.2, 0) is 27.2 Å². The molecule has 0 aromatic carbocycles. The number of thiophene rings is 1. The van der Waals surface area contributed by atoms with Crippen molar-refractivity contribution in [2.75, 3.05) is 19.7 Å². The maximum Gasteiger partial charge on any atom is 0.341 e. The van der Waals surface area contributed by atoms with E-state index in [0.717, 1.165) is 42.7 Å². The Bertz CT molecular complexity index is 842. The van der Waals surface area contributed by atoms with Crippen molar-refractivity contribution in [3.05, 3.63) is 40.5 Å². The van der Waals surface area contributed by atoms with Gasteiger partial charge in [-0.1, -0.05) is 6.92 Å². The molecule has 28 heavy (non-hydrogen) atoms. The van der Waals surface area contributed by atoms with Crippen LogP contribution in [0, 0.1) is 0 Å². The second-order valence-electron chi connectivity index (χ2n) is 6.68. The Morgan fingerprint density at radius 1 is 1.11 bits per heavy atom. The minimum Gasteiger partial charge on any atom is -0.452 e. The summed E-state index contributed by atoms with van der Waals surface area (Å²) in [4.78, 5) is 37.5. The van der Waals surface area contributed by atoms with Gasteiger partial charge < -0.3 is 19.9 Å². The number of hydrogen-bond acceptors (Lipinski definition) is 5. The third kappa shape index (κ3) is 4.81. The molecule has 0 atom stereocenters. The van der Waals surface area contributed by atoms with E-state index in [-0.39, 0.29) is 12.5 Å². The molecule has 0 fully saturated rings. The van der Waals surface area contributed by atoms with Gasteiger partial charge in [0, 0.05) is 23.8 Å². The number of aromatic nitrogens is 1. The summed E-state index contributed by atoms with van der Waals surface area (Å²) in [5.41, 5.74) is 1.61. The fourth-order valence-electron chi connectivity index (χ4n) is 3.17. The van der Waals surface area contributed by atoms with E-state index < -0.39 is 18.5 Å². The second kappa shape index (κ2) is 9.54. The quantitative estimate of drug-likeness (QED) is 0.662. The van der Waals surface area contributed by atoms with Crippen molar-refractivity contribution in [2.24, 2.45) is 0 Å². The average molecular weight is 404 g/mol. The number of carbonyl (C=O) groups excluding carboxylic acids is 3. The number of amides is 2.